The molecule has 1 saturated carbocycles. The molecule has 0 aromatic heterocycles. The fourth-order valence-corrected chi connectivity index (χ4v) is 3.11. The van der Waals surface area contributed by atoms with Gasteiger partial charge in [-0.1, -0.05) is 12.8 Å². The van der Waals surface area contributed by atoms with Crippen molar-refractivity contribution in [2.45, 2.75) is 44.6 Å². The first-order chi connectivity index (χ1) is 8.14. The van der Waals surface area contributed by atoms with Crippen LogP contribution >= 0.6 is 0 Å². The second kappa shape index (κ2) is 8.02. The average molecular weight is 264 g/mol. The predicted octanol–water partition coefficient (Wildman–Crippen LogP) is 0.604. The van der Waals surface area contributed by atoms with Gasteiger partial charge in [-0.25, -0.2) is 13.1 Å². The van der Waals surface area contributed by atoms with Crippen LogP contribution in [0.1, 0.15) is 38.5 Å². The number of sulfonamides is 1. The van der Waals surface area contributed by atoms with E-state index >= 15 is 0 Å². The van der Waals surface area contributed by atoms with Gasteiger partial charge in [0.2, 0.25) is 10.0 Å². The molecule has 0 saturated heterocycles. The van der Waals surface area contributed by atoms with Crippen molar-refractivity contribution in [2.24, 2.45) is 5.73 Å². The number of hydrogen-bond acceptors (Lipinski definition) is 4. The summed E-state index contributed by atoms with van der Waals surface area (Å²) in [6.07, 6.45) is 6.41. The topological polar surface area (TPSA) is 81.4 Å². The Balaban J connectivity index is 2.03. The Kier molecular flexibility index (Phi) is 7.03. The molecule has 0 radical (unpaired) electrons. The molecule has 0 unspecified atom stereocenters. The summed E-state index contributed by atoms with van der Waals surface area (Å²) in [6.45, 7) is 1.39. The van der Waals surface area contributed by atoms with Crippen LogP contribution < -0.4 is 10.5 Å². The average Bonchev–Trinajstić information content (AvgIpc) is 2.77. The lowest BCUT2D eigenvalue weighted by Crippen LogP contribution is -2.30. The van der Waals surface area contributed by atoms with Crippen LogP contribution in [0, 0.1) is 0 Å². The van der Waals surface area contributed by atoms with Crippen LogP contribution in [0.2, 0.25) is 0 Å². The van der Waals surface area contributed by atoms with Gasteiger partial charge in [0.25, 0.3) is 0 Å². The Morgan fingerprint density at radius 2 is 1.94 bits per heavy atom. The van der Waals surface area contributed by atoms with Crippen molar-refractivity contribution in [1.29, 1.82) is 0 Å². The lowest BCUT2D eigenvalue weighted by molar-refractivity contribution is 0.0626. The SMILES string of the molecule is NCCCCS(=O)(=O)NCCOC1CCCC1. The maximum atomic E-state index is 11.5. The molecule has 0 aliphatic heterocycles. The molecule has 0 aromatic rings. The molecule has 0 amide bonds. The van der Waals surface area contributed by atoms with E-state index < -0.39 is 10.0 Å². The van der Waals surface area contributed by atoms with E-state index in [9.17, 15) is 8.42 Å². The Hall–Kier alpha value is -0.170. The normalized spacial score (nSPS) is 17.7. The molecule has 0 heterocycles. The molecule has 0 bridgehead atoms. The zero-order valence-electron chi connectivity index (χ0n) is 10.4. The van der Waals surface area contributed by atoms with Crippen molar-refractivity contribution in [3.8, 4) is 0 Å². The first-order valence-corrected chi connectivity index (χ1v) is 8.08. The molecular formula is C11H24N2O3S. The maximum Gasteiger partial charge on any atom is 0.211 e. The molecule has 5 nitrogen and oxygen atoms in total. The second-order valence-electron chi connectivity index (χ2n) is 4.49. The molecule has 1 rings (SSSR count). The fraction of sp³-hybridized carbons (Fsp3) is 1.00. The third-order valence-electron chi connectivity index (χ3n) is 2.95. The van der Waals surface area contributed by atoms with Crippen molar-refractivity contribution in [1.82, 2.24) is 4.72 Å². The van der Waals surface area contributed by atoms with Crippen LogP contribution in [-0.4, -0.2) is 40.0 Å². The largest absolute Gasteiger partial charge is 0.377 e. The van der Waals surface area contributed by atoms with E-state index in [0.29, 0.717) is 32.2 Å². The molecule has 102 valence electrons. The molecule has 0 aromatic carbocycles. The third-order valence-corrected chi connectivity index (χ3v) is 4.42. The number of ether oxygens (including phenoxy) is 1. The maximum absolute atomic E-state index is 11.5. The monoisotopic (exact) mass is 264 g/mol. The summed E-state index contributed by atoms with van der Waals surface area (Å²) in [4.78, 5) is 0. The Morgan fingerprint density at radius 1 is 1.24 bits per heavy atom. The number of rotatable bonds is 9. The minimum atomic E-state index is -3.14. The summed E-state index contributed by atoms with van der Waals surface area (Å²) in [7, 11) is -3.14. The molecule has 1 aliphatic carbocycles. The van der Waals surface area contributed by atoms with E-state index in [1.165, 1.54) is 12.8 Å². The van der Waals surface area contributed by atoms with E-state index in [1.54, 1.807) is 0 Å². The van der Waals surface area contributed by atoms with E-state index in [2.05, 4.69) is 4.72 Å². The van der Waals surface area contributed by atoms with Gasteiger partial charge in [-0.3, -0.25) is 0 Å². The highest BCUT2D eigenvalue weighted by Gasteiger charge is 2.15. The van der Waals surface area contributed by atoms with Crippen LogP contribution in [0.3, 0.4) is 0 Å². The summed E-state index contributed by atoms with van der Waals surface area (Å²) in [6, 6.07) is 0. The molecule has 0 atom stereocenters. The van der Waals surface area contributed by atoms with Gasteiger partial charge in [0.1, 0.15) is 0 Å². The van der Waals surface area contributed by atoms with Crippen LogP contribution in [0.4, 0.5) is 0 Å². The minimum absolute atomic E-state index is 0.160. The summed E-state index contributed by atoms with van der Waals surface area (Å²) in [5, 5.41) is 0. The zero-order valence-corrected chi connectivity index (χ0v) is 11.2. The number of nitrogens with one attached hydrogen (secondary N) is 1. The van der Waals surface area contributed by atoms with Gasteiger partial charge >= 0.3 is 0 Å². The van der Waals surface area contributed by atoms with Gasteiger partial charge < -0.3 is 10.5 Å². The quantitative estimate of drug-likeness (QED) is 0.598. The standard InChI is InChI=1S/C11H24N2O3S/c12-7-3-4-10-17(14,15)13-8-9-16-11-5-1-2-6-11/h11,13H,1-10,12H2. The van der Waals surface area contributed by atoms with Gasteiger partial charge in [0.05, 0.1) is 18.5 Å². The van der Waals surface area contributed by atoms with E-state index in [4.69, 9.17) is 10.5 Å². The van der Waals surface area contributed by atoms with Gasteiger partial charge in [0, 0.05) is 6.54 Å². The molecule has 17 heavy (non-hydrogen) atoms. The second-order valence-corrected chi connectivity index (χ2v) is 6.41. The number of nitrogens with two attached hydrogens (primary N) is 1. The lowest BCUT2D eigenvalue weighted by Gasteiger charge is -2.11. The minimum Gasteiger partial charge on any atom is -0.377 e. The Labute approximate surface area is 104 Å². The summed E-state index contributed by atoms with van der Waals surface area (Å²) < 4.78 is 31.1. The zero-order chi connectivity index (χ0) is 12.6. The molecular weight excluding hydrogens is 240 g/mol. The van der Waals surface area contributed by atoms with Crippen molar-refractivity contribution in [3.05, 3.63) is 0 Å². The van der Waals surface area contributed by atoms with Gasteiger partial charge in [-0.05, 0) is 32.2 Å². The molecule has 0 spiro atoms. The van der Waals surface area contributed by atoms with Crippen LogP contribution in [0.25, 0.3) is 0 Å². The van der Waals surface area contributed by atoms with Crippen LogP contribution in [0.5, 0.6) is 0 Å². The van der Waals surface area contributed by atoms with Gasteiger partial charge in [-0.2, -0.15) is 0 Å². The van der Waals surface area contributed by atoms with Crippen molar-refractivity contribution >= 4 is 10.0 Å². The summed E-state index contributed by atoms with van der Waals surface area (Å²) >= 11 is 0. The molecule has 3 N–H and O–H groups in total. The third kappa shape index (κ3) is 6.98. The van der Waals surface area contributed by atoms with Crippen molar-refractivity contribution in [2.75, 3.05) is 25.4 Å². The van der Waals surface area contributed by atoms with Crippen molar-refractivity contribution < 1.29 is 13.2 Å². The Bertz CT molecular complexity index is 287. The van der Waals surface area contributed by atoms with Gasteiger partial charge in [0.15, 0.2) is 0 Å². The molecule has 1 aliphatic rings. The summed E-state index contributed by atoms with van der Waals surface area (Å²) in [5.74, 6) is 0.160. The van der Waals surface area contributed by atoms with E-state index in [0.717, 1.165) is 19.3 Å². The molecule has 1 fully saturated rings. The fourth-order valence-electron chi connectivity index (χ4n) is 1.99. The predicted molar refractivity (Wildman–Crippen MR) is 68.3 cm³/mol. The Morgan fingerprint density at radius 3 is 2.59 bits per heavy atom. The van der Waals surface area contributed by atoms with Gasteiger partial charge in [-0.15, -0.1) is 0 Å². The van der Waals surface area contributed by atoms with E-state index in [1.807, 2.05) is 0 Å². The van der Waals surface area contributed by atoms with Crippen molar-refractivity contribution in [3.63, 3.8) is 0 Å². The number of hydrogen-bond donors (Lipinski definition) is 2. The van der Waals surface area contributed by atoms with Crippen LogP contribution in [-0.2, 0) is 14.8 Å². The first-order valence-electron chi connectivity index (χ1n) is 6.43. The first kappa shape index (κ1) is 14.9. The highest BCUT2D eigenvalue weighted by atomic mass is 32.2. The highest BCUT2D eigenvalue weighted by molar-refractivity contribution is 7.89. The smallest absolute Gasteiger partial charge is 0.211 e. The molecule has 6 heteroatoms. The van der Waals surface area contributed by atoms with E-state index in [-0.39, 0.29) is 5.75 Å². The van der Waals surface area contributed by atoms with Crippen LogP contribution in [0.15, 0.2) is 0 Å². The summed E-state index contributed by atoms with van der Waals surface area (Å²) in [5.41, 5.74) is 5.31. The highest BCUT2D eigenvalue weighted by Crippen LogP contribution is 2.20. The lowest BCUT2D eigenvalue weighted by atomic mass is 10.3. The number of unbranched alkanes of at least 4 members (excludes halogenated alkanes) is 1.